The predicted octanol–water partition coefficient (Wildman–Crippen LogP) is 3.28. The maximum atomic E-state index is 12.0. The van der Waals surface area contributed by atoms with E-state index in [0.717, 1.165) is 0 Å². The molecule has 0 aromatic heterocycles. The highest BCUT2D eigenvalue weighted by molar-refractivity contribution is 6.35. The molecule has 8 nitrogen and oxygen atoms in total. The number of anilines is 3. The van der Waals surface area contributed by atoms with E-state index in [1.54, 1.807) is 41.3 Å². The summed E-state index contributed by atoms with van der Waals surface area (Å²) < 4.78 is 0. The highest BCUT2D eigenvalue weighted by Crippen LogP contribution is 2.25. The first-order valence-electron chi connectivity index (χ1n) is 8.37. The van der Waals surface area contributed by atoms with Gasteiger partial charge in [0.15, 0.2) is 0 Å². The molecule has 1 fully saturated rings. The van der Waals surface area contributed by atoms with Gasteiger partial charge in [0.25, 0.3) is 0 Å². The van der Waals surface area contributed by atoms with Crippen LogP contribution in [-0.2, 0) is 4.79 Å². The first-order chi connectivity index (χ1) is 13.4. The molecular weight excluding hydrogens is 405 g/mol. The summed E-state index contributed by atoms with van der Waals surface area (Å²) >= 11 is 11.9. The molecule has 0 atom stereocenters. The standard InChI is InChI=1S/C18H17Cl2N5O3/c19-11-4-5-14(20)15(8-11)24-16(26)10-22-17(27)23-12-2-1-3-13(9-12)25-7-6-21-18(25)28/h1-5,8-9H,6-7,10H2,(H,21,28)(H,24,26)(H2,22,23,27). The van der Waals surface area contributed by atoms with E-state index < -0.39 is 11.9 Å². The summed E-state index contributed by atoms with van der Waals surface area (Å²) in [7, 11) is 0. The van der Waals surface area contributed by atoms with E-state index in [0.29, 0.717) is 40.2 Å². The lowest BCUT2D eigenvalue weighted by atomic mass is 10.2. The topological polar surface area (TPSA) is 103 Å². The number of hydrogen-bond donors (Lipinski definition) is 4. The second-order valence-electron chi connectivity index (χ2n) is 5.91. The highest BCUT2D eigenvalue weighted by Gasteiger charge is 2.21. The number of carbonyl (C=O) groups is 3. The van der Waals surface area contributed by atoms with Crippen LogP contribution in [0.1, 0.15) is 0 Å². The van der Waals surface area contributed by atoms with E-state index in [2.05, 4.69) is 21.3 Å². The van der Waals surface area contributed by atoms with Crippen LogP contribution in [0.2, 0.25) is 10.0 Å². The average Bonchev–Trinajstić information content (AvgIpc) is 3.09. The van der Waals surface area contributed by atoms with Crippen molar-refractivity contribution in [3.8, 4) is 0 Å². The summed E-state index contributed by atoms with van der Waals surface area (Å²) in [5.41, 5.74) is 1.52. The smallest absolute Gasteiger partial charge is 0.321 e. The molecule has 0 unspecified atom stereocenters. The second-order valence-corrected chi connectivity index (χ2v) is 6.76. The van der Waals surface area contributed by atoms with Gasteiger partial charge in [-0.2, -0.15) is 0 Å². The van der Waals surface area contributed by atoms with E-state index in [1.807, 2.05) is 0 Å². The van der Waals surface area contributed by atoms with Gasteiger partial charge in [0, 0.05) is 29.5 Å². The molecule has 10 heteroatoms. The fraction of sp³-hybridized carbons (Fsp3) is 0.167. The van der Waals surface area contributed by atoms with E-state index in [9.17, 15) is 14.4 Å². The second kappa shape index (κ2) is 8.81. The van der Waals surface area contributed by atoms with Gasteiger partial charge in [-0.15, -0.1) is 0 Å². The Balaban J connectivity index is 1.52. The predicted molar refractivity (Wildman–Crippen MR) is 109 cm³/mol. The molecule has 0 spiro atoms. The van der Waals surface area contributed by atoms with E-state index in [-0.39, 0.29) is 12.6 Å². The van der Waals surface area contributed by atoms with Crippen LogP contribution in [0.25, 0.3) is 0 Å². The maximum absolute atomic E-state index is 12.0. The molecular formula is C18H17Cl2N5O3. The number of halogens is 2. The Morgan fingerprint density at radius 2 is 1.93 bits per heavy atom. The van der Waals surface area contributed by atoms with Gasteiger partial charge in [-0.25, -0.2) is 9.59 Å². The van der Waals surface area contributed by atoms with Crippen molar-refractivity contribution in [1.29, 1.82) is 0 Å². The maximum Gasteiger partial charge on any atom is 0.321 e. The number of nitrogens with one attached hydrogen (secondary N) is 4. The van der Waals surface area contributed by atoms with Gasteiger partial charge >= 0.3 is 12.1 Å². The molecule has 0 aliphatic carbocycles. The summed E-state index contributed by atoms with van der Waals surface area (Å²) in [5, 5.41) is 11.1. The zero-order valence-electron chi connectivity index (χ0n) is 14.6. The minimum atomic E-state index is -0.560. The fourth-order valence-corrected chi connectivity index (χ4v) is 2.93. The number of rotatable bonds is 5. The van der Waals surface area contributed by atoms with Crippen LogP contribution in [0.5, 0.6) is 0 Å². The Bertz CT molecular complexity index is 922. The molecule has 0 radical (unpaired) electrons. The van der Waals surface area contributed by atoms with Crippen LogP contribution < -0.4 is 26.2 Å². The molecule has 1 aliphatic rings. The van der Waals surface area contributed by atoms with Gasteiger partial charge in [0.2, 0.25) is 5.91 Å². The summed E-state index contributed by atoms with van der Waals surface area (Å²) in [6.45, 7) is 0.867. The van der Waals surface area contributed by atoms with Crippen molar-refractivity contribution < 1.29 is 14.4 Å². The molecule has 5 amide bonds. The van der Waals surface area contributed by atoms with Crippen molar-refractivity contribution in [2.75, 3.05) is 35.2 Å². The van der Waals surface area contributed by atoms with Crippen molar-refractivity contribution in [2.24, 2.45) is 0 Å². The van der Waals surface area contributed by atoms with Crippen LogP contribution in [0.15, 0.2) is 42.5 Å². The lowest BCUT2D eigenvalue weighted by Gasteiger charge is -2.15. The van der Waals surface area contributed by atoms with Gasteiger partial charge in [-0.1, -0.05) is 29.3 Å². The van der Waals surface area contributed by atoms with E-state index in [4.69, 9.17) is 23.2 Å². The Kier molecular flexibility index (Phi) is 6.23. The Hall–Kier alpha value is -2.97. The Morgan fingerprint density at radius 3 is 2.68 bits per heavy atom. The zero-order chi connectivity index (χ0) is 20.1. The third-order valence-electron chi connectivity index (χ3n) is 3.88. The number of nitrogens with zero attached hydrogens (tertiary/aromatic N) is 1. The van der Waals surface area contributed by atoms with Crippen molar-refractivity contribution in [3.63, 3.8) is 0 Å². The average molecular weight is 422 g/mol. The van der Waals surface area contributed by atoms with Gasteiger partial charge in [0.1, 0.15) is 0 Å². The zero-order valence-corrected chi connectivity index (χ0v) is 16.1. The number of amides is 5. The van der Waals surface area contributed by atoms with Crippen molar-refractivity contribution in [2.45, 2.75) is 0 Å². The van der Waals surface area contributed by atoms with Gasteiger partial charge in [-0.05, 0) is 36.4 Å². The van der Waals surface area contributed by atoms with E-state index in [1.165, 1.54) is 6.07 Å². The van der Waals surface area contributed by atoms with E-state index >= 15 is 0 Å². The van der Waals surface area contributed by atoms with Gasteiger partial charge in [-0.3, -0.25) is 9.69 Å². The molecule has 0 bridgehead atoms. The number of urea groups is 2. The summed E-state index contributed by atoms with van der Waals surface area (Å²) in [6.07, 6.45) is 0. The van der Waals surface area contributed by atoms with Crippen LogP contribution >= 0.6 is 23.2 Å². The highest BCUT2D eigenvalue weighted by atomic mass is 35.5. The SMILES string of the molecule is O=C(CNC(=O)Nc1cccc(N2CCNC2=O)c1)Nc1cc(Cl)ccc1Cl. The molecule has 28 heavy (non-hydrogen) atoms. The molecule has 1 saturated heterocycles. The molecule has 1 heterocycles. The number of benzene rings is 2. The third kappa shape index (κ3) is 5.05. The first kappa shape index (κ1) is 19.8. The normalized spacial score (nSPS) is 13.1. The minimum absolute atomic E-state index is 0.182. The molecule has 1 aliphatic heterocycles. The van der Waals surface area contributed by atoms with Crippen LogP contribution in [-0.4, -0.2) is 37.6 Å². The van der Waals surface area contributed by atoms with Gasteiger partial charge in [0.05, 0.1) is 17.3 Å². The lowest BCUT2D eigenvalue weighted by molar-refractivity contribution is -0.115. The summed E-state index contributed by atoms with van der Waals surface area (Å²) in [4.78, 5) is 37.3. The van der Waals surface area contributed by atoms with Crippen LogP contribution in [0.4, 0.5) is 26.7 Å². The Morgan fingerprint density at radius 1 is 1.11 bits per heavy atom. The summed E-state index contributed by atoms with van der Waals surface area (Å²) in [6, 6.07) is 10.8. The molecule has 146 valence electrons. The molecule has 2 aromatic carbocycles. The summed E-state index contributed by atoms with van der Waals surface area (Å²) in [5.74, 6) is -0.457. The van der Waals surface area contributed by atoms with Gasteiger partial charge < -0.3 is 21.3 Å². The van der Waals surface area contributed by atoms with Crippen LogP contribution in [0, 0.1) is 0 Å². The third-order valence-corrected chi connectivity index (χ3v) is 4.45. The molecule has 4 N–H and O–H groups in total. The minimum Gasteiger partial charge on any atom is -0.336 e. The number of carbonyl (C=O) groups excluding carboxylic acids is 3. The lowest BCUT2D eigenvalue weighted by Crippen LogP contribution is -2.35. The number of hydrogen-bond acceptors (Lipinski definition) is 3. The molecule has 2 aromatic rings. The van der Waals surface area contributed by atoms with Crippen molar-refractivity contribution in [3.05, 3.63) is 52.5 Å². The quantitative estimate of drug-likeness (QED) is 0.595. The Labute approximate surface area is 171 Å². The van der Waals surface area contributed by atoms with Crippen LogP contribution in [0.3, 0.4) is 0 Å². The fourth-order valence-electron chi connectivity index (χ4n) is 2.59. The first-order valence-corrected chi connectivity index (χ1v) is 9.13. The van der Waals surface area contributed by atoms with Crippen molar-refractivity contribution >= 4 is 58.2 Å². The molecule has 0 saturated carbocycles. The largest absolute Gasteiger partial charge is 0.336 e. The monoisotopic (exact) mass is 421 g/mol. The molecule has 3 rings (SSSR count). The van der Waals surface area contributed by atoms with Crippen molar-refractivity contribution in [1.82, 2.24) is 10.6 Å².